The van der Waals surface area contributed by atoms with Gasteiger partial charge >= 0.3 is 6.03 Å². The van der Waals surface area contributed by atoms with E-state index in [9.17, 15) is 4.79 Å². The number of anilines is 1. The monoisotopic (exact) mass is 377 g/mol. The molecule has 4 heteroatoms. The first kappa shape index (κ1) is 19.0. The summed E-state index contributed by atoms with van der Waals surface area (Å²) < 4.78 is 0. The summed E-state index contributed by atoms with van der Waals surface area (Å²) in [6, 6.07) is 20.2. The van der Waals surface area contributed by atoms with Crippen molar-refractivity contribution < 1.29 is 4.79 Å². The molecule has 2 amide bonds. The van der Waals surface area contributed by atoms with E-state index in [2.05, 4.69) is 71.8 Å². The van der Waals surface area contributed by atoms with Gasteiger partial charge in [-0.1, -0.05) is 56.3 Å². The maximum Gasteiger partial charge on any atom is 0.319 e. The van der Waals surface area contributed by atoms with Crippen molar-refractivity contribution in [2.24, 2.45) is 0 Å². The molecule has 0 saturated carbocycles. The molecule has 2 aromatic rings. The van der Waals surface area contributed by atoms with Crippen molar-refractivity contribution in [1.82, 2.24) is 10.2 Å². The number of hydrogen-bond donors (Lipinski definition) is 2. The largest absolute Gasteiger partial charge is 0.335 e. The highest BCUT2D eigenvalue weighted by atomic mass is 16.2. The van der Waals surface area contributed by atoms with Crippen molar-refractivity contribution in [2.45, 2.75) is 70.1 Å². The highest BCUT2D eigenvalue weighted by molar-refractivity contribution is 5.89. The number of piperidine rings is 1. The number of carbonyl (C=O) groups is 1. The van der Waals surface area contributed by atoms with Crippen LogP contribution in [0.25, 0.3) is 0 Å². The SMILES string of the molecule is CC(C)c1ccc(NC(=O)NC2C[C@H]3CC[C@@H](C2)N3Cc2ccccc2)cc1. The van der Waals surface area contributed by atoms with E-state index >= 15 is 0 Å². The van der Waals surface area contributed by atoms with Gasteiger partial charge in [0.15, 0.2) is 0 Å². The van der Waals surface area contributed by atoms with Crippen LogP contribution in [-0.4, -0.2) is 29.1 Å². The van der Waals surface area contributed by atoms with Gasteiger partial charge in [0.05, 0.1) is 0 Å². The van der Waals surface area contributed by atoms with Crippen LogP contribution in [0.1, 0.15) is 56.6 Å². The highest BCUT2D eigenvalue weighted by Gasteiger charge is 2.40. The van der Waals surface area contributed by atoms with Crippen LogP contribution in [0.15, 0.2) is 54.6 Å². The van der Waals surface area contributed by atoms with Crippen molar-refractivity contribution in [2.75, 3.05) is 5.32 Å². The zero-order valence-electron chi connectivity index (χ0n) is 16.9. The molecule has 2 aliphatic rings. The van der Waals surface area contributed by atoms with Gasteiger partial charge in [0.1, 0.15) is 0 Å². The maximum atomic E-state index is 12.5. The third kappa shape index (κ3) is 4.39. The smallest absolute Gasteiger partial charge is 0.319 e. The van der Waals surface area contributed by atoms with Crippen LogP contribution in [0, 0.1) is 0 Å². The van der Waals surface area contributed by atoms with Crippen molar-refractivity contribution in [3.63, 3.8) is 0 Å². The van der Waals surface area contributed by atoms with Crippen LogP contribution in [0.4, 0.5) is 10.5 Å². The number of nitrogens with zero attached hydrogens (tertiary/aromatic N) is 1. The summed E-state index contributed by atoms with van der Waals surface area (Å²) in [5.41, 5.74) is 3.52. The quantitative estimate of drug-likeness (QED) is 0.759. The topological polar surface area (TPSA) is 44.4 Å². The second-order valence-corrected chi connectivity index (χ2v) is 8.59. The summed E-state index contributed by atoms with van der Waals surface area (Å²) in [4.78, 5) is 15.1. The van der Waals surface area contributed by atoms with E-state index in [1.54, 1.807) is 0 Å². The number of carbonyl (C=O) groups excluding carboxylic acids is 1. The Bertz CT molecular complexity index is 773. The lowest BCUT2D eigenvalue weighted by molar-refractivity contribution is 0.112. The molecule has 0 aliphatic carbocycles. The van der Waals surface area contributed by atoms with Crippen molar-refractivity contribution in [1.29, 1.82) is 0 Å². The number of rotatable bonds is 5. The van der Waals surface area contributed by atoms with Crippen molar-refractivity contribution >= 4 is 11.7 Å². The van der Waals surface area contributed by atoms with Gasteiger partial charge in [-0.2, -0.15) is 0 Å². The van der Waals surface area contributed by atoms with Crippen molar-refractivity contribution in [3.8, 4) is 0 Å². The van der Waals surface area contributed by atoms with E-state index in [-0.39, 0.29) is 12.1 Å². The van der Waals surface area contributed by atoms with Crippen LogP contribution in [0.5, 0.6) is 0 Å². The van der Waals surface area contributed by atoms with Crippen LogP contribution in [0.3, 0.4) is 0 Å². The Morgan fingerprint density at radius 3 is 2.25 bits per heavy atom. The molecule has 148 valence electrons. The Hall–Kier alpha value is -2.33. The standard InChI is InChI=1S/C24H31N3O/c1-17(2)19-8-10-20(11-9-19)25-24(28)26-21-14-22-12-13-23(15-21)27(22)16-18-6-4-3-5-7-18/h3-11,17,21-23H,12-16H2,1-2H3,(H2,25,26,28)/t21?,22-,23+. The van der Waals surface area contributed by atoms with E-state index in [0.29, 0.717) is 18.0 Å². The lowest BCUT2D eigenvalue weighted by Gasteiger charge is -2.39. The zero-order chi connectivity index (χ0) is 19.5. The Balaban J connectivity index is 1.30. The molecule has 2 fully saturated rings. The summed E-state index contributed by atoms with van der Waals surface area (Å²) in [5, 5.41) is 6.21. The van der Waals surface area contributed by atoms with Gasteiger partial charge in [0.25, 0.3) is 0 Å². The van der Waals surface area contributed by atoms with E-state index in [1.165, 1.54) is 24.0 Å². The average molecular weight is 378 g/mol. The molecule has 2 N–H and O–H groups in total. The molecular weight excluding hydrogens is 346 g/mol. The summed E-state index contributed by atoms with van der Waals surface area (Å²) in [7, 11) is 0. The lowest BCUT2D eigenvalue weighted by atomic mass is 9.96. The van der Waals surface area contributed by atoms with E-state index in [4.69, 9.17) is 0 Å². The molecule has 28 heavy (non-hydrogen) atoms. The second-order valence-electron chi connectivity index (χ2n) is 8.59. The average Bonchev–Trinajstić information content (AvgIpc) is 2.91. The fourth-order valence-electron chi connectivity index (χ4n) is 4.75. The fraction of sp³-hybridized carbons (Fsp3) is 0.458. The number of hydrogen-bond acceptors (Lipinski definition) is 2. The Morgan fingerprint density at radius 1 is 1.00 bits per heavy atom. The molecule has 0 spiro atoms. The molecule has 4 nitrogen and oxygen atoms in total. The zero-order valence-corrected chi connectivity index (χ0v) is 16.9. The predicted molar refractivity (Wildman–Crippen MR) is 115 cm³/mol. The molecule has 2 aromatic carbocycles. The molecule has 2 bridgehead atoms. The van der Waals surface area contributed by atoms with E-state index < -0.39 is 0 Å². The Labute approximate surface area is 168 Å². The minimum Gasteiger partial charge on any atom is -0.335 e. The van der Waals surface area contributed by atoms with Gasteiger partial charge in [-0.25, -0.2) is 4.79 Å². The first-order chi connectivity index (χ1) is 13.6. The lowest BCUT2D eigenvalue weighted by Crippen LogP contribution is -2.50. The number of benzene rings is 2. The molecule has 0 radical (unpaired) electrons. The van der Waals surface area contributed by atoms with Crippen LogP contribution >= 0.6 is 0 Å². The molecule has 4 rings (SSSR count). The minimum atomic E-state index is -0.0850. The predicted octanol–water partition coefficient (Wildman–Crippen LogP) is 5.13. The number of urea groups is 1. The third-order valence-electron chi connectivity index (χ3n) is 6.26. The van der Waals surface area contributed by atoms with E-state index in [0.717, 1.165) is 25.1 Å². The summed E-state index contributed by atoms with van der Waals surface area (Å²) in [6.45, 7) is 5.37. The van der Waals surface area contributed by atoms with Gasteiger partial charge in [0.2, 0.25) is 0 Å². The maximum absolute atomic E-state index is 12.5. The molecule has 2 saturated heterocycles. The highest BCUT2D eigenvalue weighted by Crippen LogP contribution is 2.36. The normalized spacial score (nSPS) is 24.3. The summed E-state index contributed by atoms with van der Waals surface area (Å²) in [6.07, 6.45) is 4.58. The third-order valence-corrected chi connectivity index (χ3v) is 6.26. The second kappa shape index (κ2) is 8.36. The first-order valence-corrected chi connectivity index (χ1v) is 10.6. The molecule has 1 unspecified atom stereocenters. The van der Waals surface area contributed by atoms with Crippen LogP contribution < -0.4 is 10.6 Å². The van der Waals surface area contributed by atoms with Crippen molar-refractivity contribution in [3.05, 3.63) is 65.7 Å². The van der Waals surface area contributed by atoms with Gasteiger partial charge in [0, 0.05) is 30.4 Å². The number of nitrogens with one attached hydrogen (secondary N) is 2. The van der Waals surface area contributed by atoms with Gasteiger partial charge in [-0.05, 0) is 54.9 Å². The van der Waals surface area contributed by atoms with Gasteiger partial charge in [-0.3, -0.25) is 4.90 Å². The molecule has 3 atom stereocenters. The molecule has 2 aliphatic heterocycles. The fourth-order valence-corrected chi connectivity index (χ4v) is 4.75. The van der Waals surface area contributed by atoms with Gasteiger partial charge in [-0.15, -0.1) is 0 Å². The minimum absolute atomic E-state index is 0.0850. The Morgan fingerprint density at radius 2 is 1.64 bits per heavy atom. The summed E-state index contributed by atoms with van der Waals surface area (Å²) in [5.74, 6) is 0.499. The van der Waals surface area contributed by atoms with Crippen LogP contribution in [-0.2, 0) is 6.54 Å². The molecule has 2 heterocycles. The number of amides is 2. The van der Waals surface area contributed by atoms with Gasteiger partial charge < -0.3 is 10.6 Å². The number of fused-ring (bicyclic) bond motifs is 2. The first-order valence-electron chi connectivity index (χ1n) is 10.6. The molecule has 0 aromatic heterocycles. The summed E-state index contributed by atoms with van der Waals surface area (Å²) >= 11 is 0. The Kier molecular flexibility index (Phi) is 5.67. The molecular formula is C24H31N3O. The van der Waals surface area contributed by atoms with Crippen LogP contribution in [0.2, 0.25) is 0 Å². The van der Waals surface area contributed by atoms with E-state index in [1.807, 2.05) is 12.1 Å².